The lowest BCUT2D eigenvalue weighted by Crippen LogP contribution is -2.22. The molecule has 88 valence electrons. The van der Waals surface area contributed by atoms with Crippen molar-refractivity contribution in [3.05, 3.63) is 35.9 Å². The third kappa shape index (κ3) is 3.89. The Balaban J connectivity index is 2.41. The van der Waals surface area contributed by atoms with Crippen LogP contribution in [-0.2, 0) is 15.3 Å². The first-order valence-corrected chi connectivity index (χ1v) is 6.43. The highest BCUT2D eigenvalue weighted by Gasteiger charge is 2.20. The molecule has 0 saturated carbocycles. The van der Waals surface area contributed by atoms with Gasteiger partial charge in [-0.2, -0.15) is 11.8 Å². The molecule has 0 spiro atoms. The Morgan fingerprint density at radius 1 is 1.31 bits per heavy atom. The molecule has 0 saturated heterocycles. The van der Waals surface area contributed by atoms with Gasteiger partial charge in [-0.05, 0) is 5.56 Å². The van der Waals surface area contributed by atoms with Crippen molar-refractivity contribution in [2.45, 2.75) is 24.9 Å². The van der Waals surface area contributed by atoms with Crippen molar-refractivity contribution in [1.82, 2.24) is 0 Å². The lowest BCUT2D eigenvalue weighted by molar-refractivity contribution is -0.144. The van der Waals surface area contributed by atoms with Crippen molar-refractivity contribution >= 4 is 17.7 Å². The summed E-state index contributed by atoms with van der Waals surface area (Å²) >= 11 is 1.78. The molecule has 2 nitrogen and oxygen atoms in total. The summed E-state index contributed by atoms with van der Waals surface area (Å²) in [7, 11) is 1.44. The van der Waals surface area contributed by atoms with Gasteiger partial charge in [0.15, 0.2) is 0 Å². The first-order valence-electron chi connectivity index (χ1n) is 5.38. The van der Waals surface area contributed by atoms with E-state index >= 15 is 0 Å². The van der Waals surface area contributed by atoms with Gasteiger partial charge in [0, 0.05) is 11.0 Å². The van der Waals surface area contributed by atoms with E-state index in [4.69, 9.17) is 4.74 Å². The van der Waals surface area contributed by atoms with Crippen LogP contribution in [0.1, 0.15) is 19.4 Å². The van der Waals surface area contributed by atoms with E-state index in [2.05, 4.69) is 19.1 Å². The molecule has 1 rings (SSSR count). The SMILES string of the molecule is COC(=O)C(C)C(C)SCc1ccccc1. The van der Waals surface area contributed by atoms with Crippen molar-refractivity contribution < 1.29 is 9.53 Å². The van der Waals surface area contributed by atoms with Crippen molar-refractivity contribution in [3.8, 4) is 0 Å². The summed E-state index contributed by atoms with van der Waals surface area (Å²) in [5.74, 6) is 0.746. The number of ether oxygens (including phenoxy) is 1. The minimum Gasteiger partial charge on any atom is -0.469 e. The molecule has 3 heteroatoms. The largest absolute Gasteiger partial charge is 0.469 e. The van der Waals surface area contributed by atoms with Crippen LogP contribution < -0.4 is 0 Å². The fourth-order valence-corrected chi connectivity index (χ4v) is 2.37. The summed E-state index contributed by atoms with van der Waals surface area (Å²) < 4.78 is 4.73. The molecule has 0 heterocycles. The molecule has 0 aromatic heterocycles. The zero-order valence-electron chi connectivity index (χ0n) is 9.97. The molecule has 0 aliphatic rings. The van der Waals surface area contributed by atoms with Crippen LogP contribution in [0.2, 0.25) is 0 Å². The zero-order chi connectivity index (χ0) is 12.0. The van der Waals surface area contributed by atoms with Gasteiger partial charge in [-0.3, -0.25) is 4.79 Å². The number of rotatable bonds is 5. The molecule has 16 heavy (non-hydrogen) atoms. The van der Waals surface area contributed by atoms with Crippen molar-refractivity contribution in [2.24, 2.45) is 5.92 Å². The normalized spacial score (nSPS) is 14.2. The number of benzene rings is 1. The smallest absolute Gasteiger partial charge is 0.309 e. The fraction of sp³-hybridized carbons (Fsp3) is 0.462. The lowest BCUT2D eigenvalue weighted by Gasteiger charge is -2.17. The van der Waals surface area contributed by atoms with Crippen LogP contribution in [0.3, 0.4) is 0 Å². The molecule has 1 aromatic carbocycles. The summed E-state index contributed by atoms with van der Waals surface area (Å²) in [6, 6.07) is 10.3. The Labute approximate surface area is 101 Å². The van der Waals surface area contributed by atoms with E-state index in [0.717, 1.165) is 5.75 Å². The Morgan fingerprint density at radius 2 is 1.94 bits per heavy atom. The predicted octanol–water partition coefficient (Wildman–Crippen LogP) is 3.12. The topological polar surface area (TPSA) is 26.3 Å². The van der Waals surface area contributed by atoms with E-state index in [-0.39, 0.29) is 17.1 Å². The van der Waals surface area contributed by atoms with Gasteiger partial charge in [0.05, 0.1) is 13.0 Å². The first kappa shape index (κ1) is 13.1. The number of thioether (sulfide) groups is 1. The lowest BCUT2D eigenvalue weighted by atomic mass is 10.1. The average molecular weight is 238 g/mol. The molecule has 0 amide bonds. The summed E-state index contributed by atoms with van der Waals surface area (Å²) in [6.07, 6.45) is 0. The van der Waals surface area contributed by atoms with Gasteiger partial charge in [0.25, 0.3) is 0 Å². The summed E-state index contributed by atoms with van der Waals surface area (Å²) in [5.41, 5.74) is 1.29. The van der Waals surface area contributed by atoms with Crippen LogP contribution in [0, 0.1) is 5.92 Å². The van der Waals surface area contributed by atoms with Crippen LogP contribution in [0.4, 0.5) is 0 Å². The van der Waals surface area contributed by atoms with Gasteiger partial charge >= 0.3 is 5.97 Å². The molecular formula is C13H18O2S. The van der Waals surface area contributed by atoms with Gasteiger partial charge < -0.3 is 4.74 Å². The number of carbonyl (C=O) groups is 1. The molecule has 0 aliphatic carbocycles. The molecule has 0 fully saturated rings. The monoisotopic (exact) mass is 238 g/mol. The van der Waals surface area contributed by atoms with Crippen LogP contribution in [-0.4, -0.2) is 18.3 Å². The predicted molar refractivity (Wildman–Crippen MR) is 68.4 cm³/mol. The molecule has 1 aromatic rings. The van der Waals surface area contributed by atoms with Crippen molar-refractivity contribution in [1.29, 1.82) is 0 Å². The minimum absolute atomic E-state index is 0.0567. The second kappa shape index (κ2) is 6.59. The Hall–Kier alpha value is -0.960. The number of hydrogen-bond donors (Lipinski definition) is 0. The van der Waals surface area contributed by atoms with Gasteiger partial charge in [-0.25, -0.2) is 0 Å². The second-order valence-electron chi connectivity index (χ2n) is 3.81. The molecule has 2 unspecified atom stereocenters. The molecule has 2 atom stereocenters. The van der Waals surface area contributed by atoms with Crippen LogP contribution >= 0.6 is 11.8 Å². The van der Waals surface area contributed by atoms with Gasteiger partial charge in [0.1, 0.15) is 0 Å². The first-order chi connectivity index (χ1) is 7.65. The number of esters is 1. The van der Waals surface area contributed by atoms with E-state index in [1.165, 1.54) is 12.7 Å². The number of methoxy groups -OCH3 is 1. The third-order valence-corrected chi connectivity index (χ3v) is 4.07. The van der Waals surface area contributed by atoms with Gasteiger partial charge in [0.2, 0.25) is 0 Å². The van der Waals surface area contributed by atoms with Gasteiger partial charge in [-0.15, -0.1) is 0 Å². The second-order valence-corrected chi connectivity index (χ2v) is 5.18. The minimum atomic E-state index is -0.131. The highest BCUT2D eigenvalue weighted by Crippen LogP contribution is 2.23. The summed E-state index contributed by atoms with van der Waals surface area (Å²) in [6.45, 7) is 3.98. The summed E-state index contributed by atoms with van der Waals surface area (Å²) in [5, 5.41) is 0.271. The van der Waals surface area contributed by atoms with Crippen molar-refractivity contribution in [2.75, 3.05) is 7.11 Å². The standard InChI is InChI=1S/C13H18O2S/c1-10(13(14)15-3)11(2)16-9-12-7-5-4-6-8-12/h4-8,10-11H,9H2,1-3H3. The van der Waals surface area contributed by atoms with E-state index in [0.29, 0.717) is 0 Å². The molecule has 0 N–H and O–H groups in total. The molecule has 0 bridgehead atoms. The van der Waals surface area contributed by atoms with Crippen LogP contribution in [0.25, 0.3) is 0 Å². The maximum absolute atomic E-state index is 11.3. The average Bonchev–Trinajstić information content (AvgIpc) is 2.35. The number of hydrogen-bond acceptors (Lipinski definition) is 3. The maximum Gasteiger partial charge on any atom is 0.309 e. The maximum atomic E-state index is 11.3. The van der Waals surface area contributed by atoms with Crippen LogP contribution in [0.15, 0.2) is 30.3 Å². The zero-order valence-corrected chi connectivity index (χ0v) is 10.8. The number of carbonyl (C=O) groups excluding carboxylic acids is 1. The Morgan fingerprint density at radius 3 is 2.50 bits per heavy atom. The molecule has 0 aliphatic heterocycles. The van der Waals surface area contributed by atoms with E-state index < -0.39 is 0 Å². The van der Waals surface area contributed by atoms with E-state index in [9.17, 15) is 4.79 Å². The van der Waals surface area contributed by atoms with Crippen LogP contribution in [0.5, 0.6) is 0 Å². The summed E-state index contributed by atoms with van der Waals surface area (Å²) in [4.78, 5) is 11.3. The highest BCUT2D eigenvalue weighted by atomic mass is 32.2. The van der Waals surface area contributed by atoms with Gasteiger partial charge in [-0.1, -0.05) is 44.2 Å². The van der Waals surface area contributed by atoms with Crippen molar-refractivity contribution in [3.63, 3.8) is 0 Å². The third-order valence-electron chi connectivity index (χ3n) is 2.63. The Kier molecular flexibility index (Phi) is 5.39. The molecule has 0 radical (unpaired) electrons. The fourth-order valence-electron chi connectivity index (χ4n) is 1.32. The molecular weight excluding hydrogens is 220 g/mol. The van der Waals surface area contributed by atoms with E-state index in [1.807, 2.05) is 25.1 Å². The van der Waals surface area contributed by atoms with E-state index in [1.54, 1.807) is 11.8 Å². The Bertz CT molecular complexity index is 324. The quantitative estimate of drug-likeness (QED) is 0.737. The highest BCUT2D eigenvalue weighted by molar-refractivity contribution is 7.99.